The van der Waals surface area contributed by atoms with Crippen LogP contribution in [-0.2, 0) is 0 Å². The molecular weight excluding hydrogens is 350 g/mol. The van der Waals surface area contributed by atoms with Crippen LogP contribution in [0, 0.1) is 6.92 Å². The van der Waals surface area contributed by atoms with Crippen LogP contribution in [0.5, 0.6) is 23.3 Å². The Balaban J connectivity index is 1.53. The zero-order valence-electron chi connectivity index (χ0n) is 15.8. The van der Waals surface area contributed by atoms with Crippen molar-refractivity contribution in [1.82, 2.24) is 9.97 Å². The number of aromatic nitrogens is 2. The second kappa shape index (κ2) is 7.66. The molecule has 140 valence electrons. The normalized spacial score (nSPS) is 12.0. The number of nitrogens with zero attached hydrogens (tertiary/aromatic N) is 2. The van der Waals surface area contributed by atoms with E-state index in [0.29, 0.717) is 17.5 Å². The highest BCUT2D eigenvalue weighted by Crippen LogP contribution is 2.30. The summed E-state index contributed by atoms with van der Waals surface area (Å²) in [5, 5.41) is 1.04. The number of aryl methyl sites for hydroxylation is 1. The molecule has 1 atom stereocenters. The molecule has 0 bridgehead atoms. The van der Waals surface area contributed by atoms with Crippen molar-refractivity contribution in [2.75, 3.05) is 0 Å². The van der Waals surface area contributed by atoms with Crippen molar-refractivity contribution in [3.05, 3.63) is 84.1 Å². The van der Waals surface area contributed by atoms with E-state index < -0.39 is 0 Å². The van der Waals surface area contributed by atoms with Crippen LogP contribution in [0.4, 0.5) is 0 Å². The highest BCUT2D eigenvalue weighted by molar-refractivity contribution is 5.80. The summed E-state index contributed by atoms with van der Waals surface area (Å²) in [7, 11) is 0. The maximum Gasteiger partial charge on any atom is 0.219 e. The first kappa shape index (κ1) is 17.9. The Morgan fingerprint density at radius 2 is 1.79 bits per heavy atom. The summed E-state index contributed by atoms with van der Waals surface area (Å²) in [5.74, 6) is 2.53. The predicted octanol–water partition coefficient (Wildman–Crippen LogP) is 5.54. The van der Waals surface area contributed by atoms with Crippen molar-refractivity contribution in [2.24, 2.45) is 5.73 Å². The van der Waals surface area contributed by atoms with E-state index in [1.165, 1.54) is 0 Å². The third kappa shape index (κ3) is 3.94. The summed E-state index contributed by atoms with van der Waals surface area (Å²) >= 11 is 0. The Labute approximate surface area is 163 Å². The first-order valence-corrected chi connectivity index (χ1v) is 9.12. The third-order valence-electron chi connectivity index (χ3n) is 4.43. The lowest BCUT2D eigenvalue weighted by Gasteiger charge is -2.11. The number of nitrogens with two attached hydrogens (primary N) is 1. The van der Waals surface area contributed by atoms with Gasteiger partial charge in [-0.2, -0.15) is 0 Å². The van der Waals surface area contributed by atoms with E-state index in [0.717, 1.165) is 27.8 Å². The molecule has 2 aromatic carbocycles. The fraction of sp³-hybridized carbons (Fsp3) is 0.130. The van der Waals surface area contributed by atoms with Crippen molar-refractivity contribution in [3.63, 3.8) is 0 Å². The van der Waals surface area contributed by atoms with Crippen LogP contribution in [0.1, 0.15) is 24.1 Å². The Morgan fingerprint density at radius 1 is 0.893 bits per heavy atom. The van der Waals surface area contributed by atoms with Gasteiger partial charge in [-0.05, 0) is 67.4 Å². The molecule has 0 spiro atoms. The number of hydrogen-bond donors (Lipinski definition) is 1. The smallest absolute Gasteiger partial charge is 0.219 e. The van der Waals surface area contributed by atoms with Crippen LogP contribution in [-0.4, -0.2) is 9.97 Å². The molecule has 0 aliphatic carbocycles. The minimum Gasteiger partial charge on any atom is -0.439 e. The van der Waals surface area contributed by atoms with Gasteiger partial charge in [0.15, 0.2) is 0 Å². The molecule has 28 heavy (non-hydrogen) atoms. The van der Waals surface area contributed by atoms with E-state index in [1.807, 2.05) is 74.5 Å². The number of fused-ring (bicyclic) bond motifs is 1. The van der Waals surface area contributed by atoms with Crippen LogP contribution >= 0.6 is 0 Å². The van der Waals surface area contributed by atoms with Gasteiger partial charge in [0, 0.05) is 29.8 Å². The van der Waals surface area contributed by atoms with Gasteiger partial charge in [0.25, 0.3) is 0 Å². The van der Waals surface area contributed by atoms with Gasteiger partial charge in [-0.1, -0.05) is 12.1 Å². The molecule has 5 heteroatoms. The highest BCUT2D eigenvalue weighted by atomic mass is 16.5. The van der Waals surface area contributed by atoms with E-state index >= 15 is 0 Å². The molecule has 0 radical (unpaired) electrons. The van der Waals surface area contributed by atoms with Gasteiger partial charge < -0.3 is 15.2 Å². The lowest BCUT2D eigenvalue weighted by Crippen LogP contribution is -2.04. The minimum absolute atomic E-state index is 0.00452. The topological polar surface area (TPSA) is 70.3 Å². The quantitative estimate of drug-likeness (QED) is 0.498. The first-order valence-electron chi connectivity index (χ1n) is 9.12. The third-order valence-corrected chi connectivity index (χ3v) is 4.43. The molecule has 0 saturated carbocycles. The summed E-state index contributed by atoms with van der Waals surface area (Å²) in [6.07, 6.45) is 1.70. The lowest BCUT2D eigenvalue weighted by atomic mass is 10.1. The molecule has 4 rings (SSSR count). The zero-order valence-corrected chi connectivity index (χ0v) is 15.8. The molecule has 2 heterocycles. The van der Waals surface area contributed by atoms with E-state index in [-0.39, 0.29) is 6.04 Å². The molecule has 5 nitrogen and oxygen atoms in total. The number of pyridine rings is 2. The predicted molar refractivity (Wildman–Crippen MR) is 110 cm³/mol. The molecule has 2 N–H and O–H groups in total. The Kier molecular flexibility index (Phi) is 4.91. The van der Waals surface area contributed by atoms with Crippen molar-refractivity contribution in [2.45, 2.75) is 19.9 Å². The SMILES string of the molecule is Cc1cc(Oc2ccc3cc(C(C)N)ccc3n2)ccc1Oc1ccccn1. The van der Waals surface area contributed by atoms with Gasteiger partial charge in [0.05, 0.1) is 5.52 Å². The molecule has 1 unspecified atom stereocenters. The molecule has 0 aliphatic heterocycles. The largest absolute Gasteiger partial charge is 0.439 e. The van der Waals surface area contributed by atoms with Crippen LogP contribution in [0.25, 0.3) is 10.9 Å². The van der Waals surface area contributed by atoms with Gasteiger partial charge in [-0.15, -0.1) is 0 Å². The Hall–Kier alpha value is -3.44. The zero-order chi connectivity index (χ0) is 19.5. The van der Waals surface area contributed by atoms with Crippen molar-refractivity contribution in [1.29, 1.82) is 0 Å². The van der Waals surface area contributed by atoms with Crippen molar-refractivity contribution in [3.8, 4) is 23.3 Å². The second-order valence-corrected chi connectivity index (χ2v) is 6.69. The van der Waals surface area contributed by atoms with Crippen LogP contribution in [0.2, 0.25) is 0 Å². The van der Waals surface area contributed by atoms with Gasteiger partial charge in [0.2, 0.25) is 11.8 Å². The van der Waals surface area contributed by atoms with Gasteiger partial charge in [0.1, 0.15) is 11.5 Å². The molecule has 0 saturated heterocycles. The molecule has 0 amide bonds. The molecular formula is C23H21N3O2. The van der Waals surface area contributed by atoms with Gasteiger partial charge in [-0.25, -0.2) is 9.97 Å². The summed E-state index contributed by atoms with van der Waals surface area (Å²) in [5.41, 5.74) is 8.86. The number of ether oxygens (including phenoxy) is 2. The fourth-order valence-corrected chi connectivity index (χ4v) is 2.91. The van der Waals surface area contributed by atoms with Gasteiger partial charge >= 0.3 is 0 Å². The number of hydrogen-bond acceptors (Lipinski definition) is 5. The second-order valence-electron chi connectivity index (χ2n) is 6.69. The Bertz CT molecular complexity index is 1110. The van der Waals surface area contributed by atoms with E-state index in [1.54, 1.807) is 6.20 Å². The molecule has 2 aromatic heterocycles. The fourth-order valence-electron chi connectivity index (χ4n) is 2.91. The summed E-state index contributed by atoms with van der Waals surface area (Å²) in [6.45, 7) is 3.93. The molecule has 4 aromatic rings. The monoisotopic (exact) mass is 371 g/mol. The average molecular weight is 371 g/mol. The number of rotatable bonds is 5. The Morgan fingerprint density at radius 3 is 2.54 bits per heavy atom. The van der Waals surface area contributed by atoms with Gasteiger partial charge in [-0.3, -0.25) is 0 Å². The summed E-state index contributed by atoms with van der Waals surface area (Å²) in [4.78, 5) is 8.77. The van der Waals surface area contributed by atoms with E-state index in [9.17, 15) is 0 Å². The standard InChI is InChI=1S/C23H21N3O2/c1-15-13-19(8-10-21(15)28-22-5-3-4-12-25-22)27-23-11-7-18-14-17(16(2)24)6-9-20(18)26-23/h3-14,16H,24H2,1-2H3. The first-order chi connectivity index (χ1) is 13.6. The number of benzene rings is 2. The highest BCUT2D eigenvalue weighted by Gasteiger charge is 2.07. The maximum absolute atomic E-state index is 5.95. The lowest BCUT2D eigenvalue weighted by molar-refractivity contribution is 0.448. The molecule has 0 aliphatic rings. The van der Waals surface area contributed by atoms with Crippen LogP contribution in [0.15, 0.2) is 72.9 Å². The van der Waals surface area contributed by atoms with E-state index in [2.05, 4.69) is 16.0 Å². The van der Waals surface area contributed by atoms with Crippen LogP contribution in [0.3, 0.4) is 0 Å². The summed E-state index contributed by atoms with van der Waals surface area (Å²) < 4.78 is 11.8. The summed E-state index contributed by atoms with van der Waals surface area (Å²) in [6, 6.07) is 21.1. The minimum atomic E-state index is -0.00452. The van der Waals surface area contributed by atoms with E-state index in [4.69, 9.17) is 15.2 Å². The average Bonchev–Trinajstić information content (AvgIpc) is 2.70. The van der Waals surface area contributed by atoms with Crippen LogP contribution < -0.4 is 15.2 Å². The van der Waals surface area contributed by atoms with Crippen molar-refractivity contribution >= 4 is 10.9 Å². The molecule has 0 fully saturated rings. The maximum atomic E-state index is 5.95. The van der Waals surface area contributed by atoms with Crippen molar-refractivity contribution < 1.29 is 9.47 Å².